The third kappa shape index (κ3) is 2.15. The van der Waals surface area contributed by atoms with Crippen molar-refractivity contribution >= 4 is 17.3 Å². The van der Waals surface area contributed by atoms with Crippen molar-refractivity contribution in [1.29, 1.82) is 0 Å². The van der Waals surface area contributed by atoms with Crippen LogP contribution in [0.3, 0.4) is 0 Å². The zero-order valence-electron chi connectivity index (χ0n) is 9.86. The van der Waals surface area contributed by atoms with Crippen LogP contribution in [-0.4, -0.2) is 20.2 Å². The largest absolute Gasteiger partial charge is 0.398 e. The molecule has 0 unspecified atom stereocenters. The Morgan fingerprint density at radius 1 is 1.05 bits per heavy atom. The molecular formula is C13H10ClN5. The molecule has 0 amide bonds. The summed E-state index contributed by atoms with van der Waals surface area (Å²) in [6.45, 7) is 0. The van der Waals surface area contributed by atoms with Crippen molar-refractivity contribution in [2.45, 2.75) is 0 Å². The number of hydrogen-bond donors (Lipinski definition) is 1. The molecule has 19 heavy (non-hydrogen) atoms. The number of nitrogen functional groups attached to an aromatic ring is 1. The lowest BCUT2D eigenvalue weighted by molar-refractivity contribution is 0.791. The molecule has 0 fully saturated rings. The smallest absolute Gasteiger partial charge is 0.187 e. The summed E-state index contributed by atoms with van der Waals surface area (Å²) in [4.78, 5) is 0. The van der Waals surface area contributed by atoms with E-state index in [1.54, 1.807) is 16.8 Å². The molecule has 0 aliphatic heterocycles. The monoisotopic (exact) mass is 271 g/mol. The first-order chi connectivity index (χ1) is 9.25. The number of aromatic nitrogens is 4. The van der Waals surface area contributed by atoms with E-state index in [1.165, 1.54) is 0 Å². The van der Waals surface area contributed by atoms with Gasteiger partial charge in [-0.2, -0.15) is 4.68 Å². The average molecular weight is 272 g/mol. The molecule has 0 atom stereocenters. The van der Waals surface area contributed by atoms with E-state index in [0.717, 1.165) is 11.3 Å². The molecule has 0 aliphatic rings. The van der Waals surface area contributed by atoms with Crippen molar-refractivity contribution in [2.75, 3.05) is 5.73 Å². The molecule has 0 radical (unpaired) electrons. The molecule has 94 valence electrons. The summed E-state index contributed by atoms with van der Waals surface area (Å²) in [5.74, 6) is 0.654. The predicted molar refractivity (Wildman–Crippen MR) is 74.0 cm³/mol. The third-order valence-corrected chi connectivity index (χ3v) is 3.06. The molecule has 0 spiro atoms. The first-order valence-electron chi connectivity index (χ1n) is 5.65. The van der Waals surface area contributed by atoms with E-state index in [-0.39, 0.29) is 0 Å². The first-order valence-corrected chi connectivity index (χ1v) is 6.03. The van der Waals surface area contributed by atoms with Crippen LogP contribution in [0.4, 0.5) is 5.69 Å². The highest BCUT2D eigenvalue weighted by Crippen LogP contribution is 2.24. The Bertz CT molecular complexity index is 708. The van der Waals surface area contributed by atoms with Crippen LogP contribution in [-0.2, 0) is 0 Å². The molecule has 2 N–H and O–H groups in total. The van der Waals surface area contributed by atoms with Gasteiger partial charge in [-0.25, -0.2) is 0 Å². The predicted octanol–water partition coefficient (Wildman–Crippen LogP) is 2.56. The van der Waals surface area contributed by atoms with Crippen LogP contribution < -0.4 is 5.73 Å². The highest BCUT2D eigenvalue weighted by atomic mass is 35.5. The number of anilines is 1. The fourth-order valence-corrected chi connectivity index (χ4v) is 1.95. The average Bonchev–Trinajstić information content (AvgIpc) is 2.92. The molecule has 5 nitrogen and oxygen atoms in total. The van der Waals surface area contributed by atoms with Crippen LogP contribution in [0.15, 0.2) is 48.5 Å². The summed E-state index contributed by atoms with van der Waals surface area (Å²) >= 11 is 6.02. The van der Waals surface area contributed by atoms with Gasteiger partial charge in [-0.1, -0.05) is 41.9 Å². The summed E-state index contributed by atoms with van der Waals surface area (Å²) < 4.78 is 1.63. The maximum atomic E-state index is 6.02. The van der Waals surface area contributed by atoms with Crippen LogP contribution in [0.5, 0.6) is 0 Å². The van der Waals surface area contributed by atoms with Gasteiger partial charge in [-0.05, 0) is 28.6 Å². The Morgan fingerprint density at radius 3 is 2.58 bits per heavy atom. The van der Waals surface area contributed by atoms with Gasteiger partial charge in [-0.3, -0.25) is 0 Å². The van der Waals surface area contributed by atoms with E-state index in [2.05, 4.69) is 15.5 Å². The lowest BCUT2D eigenvalue weighted by atomic mass is 10.2. The van der Waals surface area contributed by atoms with Gasteiger partial charge in [0.15, 0.2) is 5.82 Å². The number of benzene rings is 2. The second kappa shape index (κ2) is 4.70. The second-order valence-electron chi connectivity index (χ2n) is 3.99. The van der Waals surface area contributed by atoms with Crippen molar-refractivity contribution in [3.05, 3.63) is 53.6 Å². The molecule has 3 rings (SSSR count). The van der Waals surface area contributed by atoms with Crippen LogP contribution in [0.2, 0.25) is 5.02 Å². The van der Waals surface area contributed by atoms with E-state index in [4.69, 9.17) is 17.3 Å². The second-order valence-corrected chi connectivity index (χ2v) is 4.39. The summed E-state index contributed by atoms with van der Waals surface area (Å²) in [5, 5.41) is 12.2. The van der Waals surface area contributed by atoms with E-state index >= 15 is 0 Å². The van der Waals surface area contributed by atoms with Crippen LogP contribution in [0, 0.1) is 0 Å². The Hall–Kier alpha value is -2.40. The lowest BCUT2D eigenvalue weighted by Gasteiger charge is -2.06. The van der Waals surface area contributed by atoms with Crippen molar-refractivity contribution in [3.63, 3.8) is 0 Å². The zero-order valence-corrected chi connectivity index (χ0v) is 10.6. The van der Waals surface area contributed by atoms with Crippen LogP contribution >= 0.6 is 11.6 Å². The Balaban J connectivity index is 2.12. The van der Waals surface area contributed by atoms with Gasteiger partial charge in [0, 0.05) is 5.56 Å². The minimum Gasteiger partial charge on any atom is -0.398 e. The summed E-state index contributed by atoms with van der Waals surface area (Å²) in [6, 6.07) is 15.0. The highest BCUT2D eigenvalue weighted by molar-refractivity contribution is 6.33. The van der Waals surface area contributed by atoms with Crippen molar-refractivity contribution in [1.82, 2.24) is 20.2 Å². The van der Waals surface area contributed by atoms with E-state index < -0.39 is 0 Å². The summed E-state index contributed by atoms with van der Waals surface area (Å²) in [6.07, 6.45) is 0. The molecule has 3 aromatic rings. The Morgan fingerprint density at radius 2 is 1.84 bits per heavy atom. The third-order valence-electron chi connectivity index (χ3n) is 2.73. The van der Waals surface area contributed by atoms with Gasteiger partial charge in [0.1, 0.15) is 0 Å². The van der Waals surface area contributed by atoms with Crippen molar-refractivity contribution < 1.29 is 0 Å². The van der Waals surface area contributed by atoms with E-state index in [0.29, 0.717) is 16.5 Å². The van der Waals surface area contributed by atoms with E-state index in [9.17, 15) is 0 Å². The maximum Gasteiger partial charge on any atom is 0.187 e. The minimum absolute atomic E-state index is 0.479. The van der Waals surface area contributed by atoms with Crippen LogP contribution in [0.1, 0.15) is 0 Å². The molecule has 0 saturated heterocycles. The maximum absolute atomic E-state index is 6.02. The fraction of sp³-hybridized carbons (Fsp3) is 0. The number of hydrogen-bond acceptors (Lipinski definition) is 4. The molecular weight excluding hydrogens is 262 g/mol. The number of tetrazole rings is 1. The molecule has 6 heteroatoms. The SMILES string of the molecule is Nc1ccc(-n2nnnc2-c2ccccc2)cc1Cl. The lowest BCUT2D eigenvalue weighted by Crippen LogP contribution is -2.00. The molecule has 0 bridgehead atoms. The standard InChI is InChI=1S/C13H10ClN5/c14-11-8-10(6-7-12(11)15)19-13(16-17-18-19)9-4-2-1-3-5-9/h1-8H,15H2. The first kappa shape index (κ1) is 11.7. The quantitative estimate of drug-likeness (QED) is 0.727. The topological polar surface area (TPSA) is 69.6 Å². The van der Waals surface area contributed by atoms with Gasteiger partial charge in [0.25, 0.3) is 0 Å². The number of rotatable bonds is 2. The number of nitrogens with zero attached hydrogens (tertiary/aromatic N) is 4. The fourth-order valence-electron chi connectivity index (χ4n) is 1.78. The highest BCUT2D eigenvalue weighted by Gasteiger charge is 2.11. The van der Waals surface area contributed by atoms with Gasteiger partial charge >= 0.3 is 0 Å². The Kier molecular flexibility index (Phi) is 2.89. The molecule has 1 aromatic heterocycles. The van der Waals surface area contributed by atoms with E-state index in [1.807, 2.05) is 36.4 Å². The van der Waals surface area contributed by atoms with Crippen LogP contribution in [0.25, 0.3) is 17.1 Å². The number of nitrogens with two attached hydrogens (primary N) is 1. The number of halogens is 1. The normalized spacial score (nSPS) is 10.6. The Labute approximate surface area is 114 Å². The van der Waals surface area contributed by atoms with Gasteiger partial charge < -0.3 is 5.73 Å². The molecule has 0 aliphatic carbocycles. The van der Waals surface area contributed by atoms with Crippen molar-refractivity contribution in [3.8, 4) is 17.1 Å². The summed E-state index contributed by atoms with van der Waals surface area (Å²) in [5.41, 5.74) is 7.92. The molecule has 2 aromatic carbocycles. The zero-order chi connectivity index (χ0) is 13.2. The van der Waals surface area contributed by atoms with Gasteiger partial charge in [-0.15, -0.1) is 5.10 Å². The van der Waals surface area contributed by atoms with Gasteiger partial charge in [0.2, 0.25) is 0 Å². The van der Waals surface area contributed by atoms with Crippen molar-refractivity contribution in [2.24, 2.45) is 0 Å². The summed E-state index contributed by atoms with van der Waals surface area (Å²) in [7, 11) is 0. The molecule has 0 saturated carbocycles. The molecule has 1 heterocycles. The minimum atomic E-state index is 0.479. The van der Waals surface area contributed by atoms with Gasteiger partial charge in [0.05, 0.1) is 16.4 Å².